The minimum atomic E-state index is -0.562. The Morgan fingerprint density at radius 3 is 2.90 bits per heavy atom. The van der Waals surface area contributed by atoms with E-state index in [0.717, 1.165) is 10.2 Å². The summed E-state index contributed by atoms with van der Waals surface area (Å²) >= 11 is 3.36. The number of carbonyl (C=O) groups is 1. The Kier molecular flexibility index (Phi) is 5.12. The monoisotopic (exact) mass is 334 g/mol. The molecule has 0 saturated heterocycles. The molecule has 1 heterocycles. The van der Waals surface area contributed by atoms with Gasteiger partial charge in [0, 0.05) is 10.7 Å². The SMILES string of the molecule is C[C@H](Oc1cccc(Br)c1)C(=O)NCc1ccccn1. The number of amides is 1. The fourth-order valence-corrected chi connectivity index (χ4v) is 2.00. The van der Waals surface area contributed by atoms with E-state index in [2.05, 4.69) is 26.2 Å². The number of hydrogen-bond acceptors (Lipinski definition) is 3. The first-order valence-electron chi connectivity index (χ1n) is 6.25. The highest BCUT2D eigenvalue weighted by molar-refractivity contribution is 9.10. The number of hydrogen-bond donors (Lipinski definition) is 1. The summed E-state index contributed by atoms with van der Waals surface area (Å²) < 4.78 is 6.50. The van der Waals surface area contributed by atoms with Gasteiger partial charge >= 0.3 is 0 Å². The zero-order valence-corrected chi connectivity index (χ0v) is 12.6. The molecule has 4 nitrogen and oxygen atoms in total. The molecule has 0 unspecified atom stereocenters. The van der Waals surface area contributed by atoms with Crippen LogP contribution in [-0.4, -0.2) is 17.0 Å². The summed E-state index contributed by atoms with van der Waals surface area (Å²) in [6.45, 7) is 2.11. The van der Waals surface area contributed by atoms with Gasteiger partial charge in [0.1, 0.15) is 5.75 Å². The first-order valence-corrected chi connectivity index (χ1v) is 7.04. The van der Waals surface area contributed by atoms with Crippen LogP contribution in [0.25, 0.3) is 0 Å². The zero-order chi connectivity index (χ0) is 14.4. The van der Waals surface area contributed by atoms with Crippen molar-refractivity contribution in [3.05, 3.63) is 58.8 Å². The highest BCUT2D eigenvalue weighted by Crippen LogP contribution is 2.18. The Balaban J connectivity index is 1.86. The van der Waals surface area contributed by atoms with Crippen LogP contribution in [0.4, 0.5) is 0 Å². The zero-order valence-electron chi connectivity index (χ0n) is 11.0. The number of carbonyl (C=O) groups excluding carboxylic acids is 1. The van der Waals surface area contributed by atoms with Crippen LogP contribution >= 0.6 is 15.9 Å². The Bertz CT molecular complexity index is 575. The topological polar surface area (TPSA) is 51.2 Å². The molecule has 0 aliphatic carbocycles. The number of ether oxygens (including phenoxy) is 1. The van der Waals surface area contributed by atoms with E-state index >= 15 is 0 Å². The maximum atomic E-state index is 11.9. The first kappa shape index (κ1) is 14.5. The van der Waals surface area contributed by atoms with Gasteiger partial charge < -0.3 is 10.1 Å². The molecule has 0 saturated carbocycles. The van der Waals surface area contributed by atoms with Crippen LogP contribution in [0.1, 0.15) is 12.6 Å². The maximum absolute atomic E-state index is 11.9. The average molecular weight is 335 g/mol. The highest BCUT2D eigenvalue weighted by atomic mass is 79.9. The molecule has 0 spiro atoms. The Morgan fingerprint density at radius 1 is 1.35 bits per heavy atom. The maximum Gasteiger partial charge on any atom is 0.261 e. The minimum absolute atomic E-state index is 0.171. The normalized spacial score (nSPS) is 11.7. The van der Waals surface area contributed by atoms with Crippen molar-refractivity contribution in [3.8, 4) is 5.75 Å². The molecule has 0 radical (unpaired) electrons. The largest absolute Gasteiger partial charge is 0.481 e. The lowest BCUT2D eigenvalue weighted by atomic mass is 10.3. The quantitative estimate of drug-likeness (QED) is 0.914. The third-order valence-electron chi connectivity index (χ3n) is 2.65. The summed E-state index contributed by atoms with van der Waals surface area (Å²) in [5, 5.41) is 2.80. The van der Waals surface area contributed by atoms with E-state index in [1.807, 2.05) is 42.5 Å². The van der Waals surface area contributed by atoms with Gasteiger partial charge in [-0.25, -0.2) is 0 Å². The fourth-order valence-electron chi connectivity index (χ4n) is 1.62. The van der Waals surface area contributed by atoms with Gasteiger partial charge in [0.05, 0.1) is 12.2 Å². The number of halogens is 1. The molecule has 0 aliphatic rings. The van der Waals surface area contributed by atoms with E-state index in [4.69, 9.17) is 4.74 Å². The molecule has 1 aromatic heterocycles. The molecule has 0 fully saturated rings. The van der Waals surface area contributed by atoms with Crippen LogP contribution in [0.15, 0.2) is 53.1 Å². The van der Waals surface area contributed by atoms with Crippen molar-refractivity contribution in [1.29, 1.82) is 0 Å². The summed E-state index contributed by atoms with van der Waals surface area (Å²) in [4.78, 5) is 16.1. The van der Waals surface area contributed by atoms with E-state index in [9.17, 15) is 4.79 Å². The lowest BCUT2D eigenvalue weighted by Crippen LogP contribution is -2.36. The van der Waals surface area contributed by atoms with Crippen LogP contribution in [0.2, 0.25) is 0 Å². The molecular weight excluding hydrogens is 320 g/mol. The molecule has 1 N–H and O–H groups in total. The molecule has 1 aromatic carbocycles. The van der Waals surface area contributed by atoms with Crippen LogP contribution in [-0.2, 0) is 11.3 Å². The van der Waals surface area contributed by atoms with Crippen LogP contribution in [0.3, 0.4) is 0 Å². The van der Waals surface area contributed by atoms with Gasteiger partial charge in [-0.1, -0.05) is 28.1 Å². The number of aromatic nitrogens is 1. The fraction of sp³-hybridized carbons (Fsp3) is 0.200. The molecule has 20 heavy (non-hydrogen) atoms. The molecule has 0 bridgehead atoms. The second kappa shape index (κ2) is 7.05. The predicted molar refractivity (Wildman–Crippen MR) is 80.3 cm³/mol. The number of pyridine rings is 1. The predicted octanol–water partition coefficient (Wildman–Crippen LogP) is 2.93. The Hall–Kier alpha value is -1.88. The molecule has 1 atom stereocenters. The van der Waals surface area contributed by atoms with E-state index in [1.165, 1.54) is 0 Å². The Labute approximate surface area is 126 Å². The van der Waals surface area contributed by atoms with Gasteiger partial charge in [0.2, 0.25) is 0 Å². The summed E-state index contributed by atoms with van der Waals surface area (Å²) in [6, 6.07) is 13.0. The molecule has 1 amide bonds. The van der Waals surface area contributed by atoms with Crippen LogP contribution < -0.4 is 10.1 Å². The van der Waals surface area contributed by atoms with Crippen molar-refractivity contribution in [2.24, 2.45) is 0 Å². The molecule has 5 heteroatoms. The number of nitrogens with one attached hydrogen (secondary N) is 1. The van der Waals surface area contributed by atoms with Crippen molar-refractivity contribution < 1.29 is 9.53 Å². The lowest BCUT2D eigenvalue weighted by Gasteiger charge is -2.14. The van der Waals surface area contributed by atoms with Gasteiger partial charge in [-0.15, -0.1) is 0 Å². The van der Waals surface area contributed by atoms with Crippen molar-refractivity contribution in [2.45, 2.75) is 19.6 Å². The Morgan fingerprint density at radius 2 is 2.20 bits per heavy atom. The molecule has 2 rings (SSSR count). The number of benzene rings is 1. The summed E-state index contributed by atoms with van der Waals surface area (Å²) in [6.07, 6.45) is 1.14. The first-order chi connectivity index (χ1) is 9.65. The van der Waals surface area contributed by atoms with E-state index in [1.54, 1.807) is 13.1 Å². The van der Waals surface area contributed by atoms with Crippen molar-refractivity contribution in [2.75, 3.05) is 0 Å². The van der Waals surface area contributed by atoms with Crippen LogP contribution in [0.5, 0.6) is 5.75 Å². The molecular formula is C15H15BrN2O2. The van der Waals surface area contributed by atoms with Gasteiger partial charge in [-0.05, 0) is 37.3 Å². The highest BCUT2D eigenvalue weighted by Gasteiger charge is 2.14. The summed E-state index contributed by atoms with van der Waals surface area (Å²) in [5.74, 6) is 0.482. The van der Waals surface area contributed by atoms with Crippen LogP contribution in [0, 0.1) is 0 Å². The van der Waals surface area contributed by atoms with Gasteiger partial charge in [0.15, 0.2) is 6.10 Å². The molecule has 0 aliphatic heterocycles. The van der Waals surface area contributed by atoms with Gasteiger partial charge in [0.25, 0.3) is 5.91 Å². The van der Waals surface area contributed by atoms with E-state index in [-0.39, 0.29) is 5.91 Å². The molecule has 2 aromatic rings. The number of rotatable bonds is 5. The number of nitrogens with zero attached hydrogens (tertiary/aromatic N) is 1. The van der Waals surface area contributed by atoms with Crippen molar-refractivity contribution in [1.82, 2.24) is 10.3 Å². The summed E-state index contributed by atoms with van der Waals surface area (Å²) in [7, 11) is 0. The molecule has 104 valence electrons. The average Bonchev–Trinajstić information content (AvgIpc) is 2.46. The second-order valence-electron chi connectivity index (χ2n) is 4.26. The van der Waals surface area contributed by atoms with E-state index < -0.39 is 6.10 Å². The smallest absolute Gasteiger partial charge is 0.261 e. The standard InChI is InChI=1S/C15H15BrN2O2/c1-11(20-14-7-4-5-12(16)9-14)15(19)18-10-13-6-2-3-8-17-13/h2-9,11H,10H2,1H3,(H,18,19)/t11-/m0/s1. The van der Waals surface area contributed by atoms with Crippen molar-refractivity contribution >= 4 is 21.8 Å². The van der Waals surface area contributed by atoms with Gasteiger partial charge in [-0.3, -0.25) is 9.78 Å². The van der Waals surface area contributed by atoms with Crippen molar-refractivity contribution in [3.63, 3.8) is 0 Å². The summed E-state index contributed by atoms with van der Waals surface area (Å²) in [5.41, 5.74) is 0.815. The minimum Gasteiger partial charge on any atom is -0.481 e. The third-order valence-corrected chi connectivity index (χ3v) is 3.14. The lowest BCUT2D eigenvalue weighted by molar-refractivity contribution is -0.127. The van der Waals surface area contributed by atoms with Gasteiger partial charge in [-0.2, -0.15) is 0 Å². The third kappa shape index (κ3) is 4.35. The second-order valence-corrected chi connectivity index (χ2v) is 5.17. The van der Waals surface area contributed by atoms with E-state index in [0.29, 0.717) is 12.3 Å².